The van der Waals surface area contributed by atoms with Crippen LogP contribution in [-0.4, -0.2) is 77.3 Å². The third-order valence-corrected chi connectivity index (χ3v) is 12.1. The largest absolute Gasteiger partial charge is 0.488 e. The Kier molecular flexibility index (Phi) is 17.5. The van der Waals surface area contributed by atoms with E-state index in [1.807, 2.05) is 9.44 Å². The van der Waals surface area contributed by atoms with Crippen molar-refractivity contribution in [3.63, 3.8) is 0 Å². The highest BCUT2D eigenvalue weighted by molar-refractivity contribution is 9.10. The average Bonchev–Trinajstić information content (AvgIpc) is 3.23. The van der Waals surface area contributed by atoms with Crippen LogP contribution >= 0.6 is 15.9 Å². The predicted octanol–water partition coefficient (Wildman–Crippen LogP) is 3.31. The first kappa shape index (κ1) is 51.8. The lowest BCUT2D eigenvalue weighted by Gasteiger charge is -2.08. The van der Waals surface area contributed by atoms with Crippen LogP contribution in [-0.2, 0) is 42.5 Å². The molecule has 6 aromatic rings. The number of ketones is 2. The number of halogens is 3. The molecule has 2 amide bonds. The van der Waals surface area contributed by atoms with Gasteiger partial charge in [-0.05, 0) is 93.9 Å². The number of nitrogens with two attached hydrogens (primary N) is 2. The first-order valence-corrected chi connectivity index (χ1v) is 22.7. The van der Waals surface area contributed by atoms with Crippen molar-refractivity contribution in [1.29, 1.82) is 0 Å². The second-order valence-electron chi connectivity index (χ2n) is 14.1. The van der Waals surface area contributed by atoms with Gasteiger partial charge < -0.3 is 21.5 Å². The molecular formula is C42H40BBrF2N8O10S2. The van der Waals surface area contributed by atoms with Gasteiger partial charge in [-0.1, -0.05) is 48.5 Å². The second-order valence-corrected chi connectivity index (χ2v) is 18.3. The van der Waals surface area contributed by atoms with Gasteiger partial charge in [-0.3, -0.25) is 19.2 Å². The lowest BCUT2D eigenvalue weighted by atomic mass is 9.80. The Morgan fingerprint density at radius 1 is 0.652 bits per heavy atom. The quantitative estimate of drug-likeness (QED) is 0.0757. The molecule has 2 aromatic heterocycles. The number of hydrogen-bond acceptors (Lipinski definition) is 16. The molecule has 0 aliphatic carbocycles. The van der Waals surface area contributed by atoms with Crippen molar-refractivity contribution in [1.82, 2.24) is 29.4 Å². The van der Waals surface area contributed by atoms with Gasteiger partial charge in [0.25, 0.3) is 20.0 Å². The summed E-state index contributed by atoms with van der Waals surface area (Å²) in [5.74, 6) is -3.04. The van der Waals surface area contributed by atoms with Gasteiger partial charge in [0.05, 0.1) is 27.9 Å². The van der Waals surface area contributed by atoms with Crippen LogP contribution in [0.2, 0.25) is 0 Å². The number of carbonyl (C=O) groups is 4. The van der Waals surface area contributed by atoms with E-state index in [-0.39, 0.29) is 56.9 Å². The van der Waals surface area contributed by atoms with E-state index in [1.165, 1.54) is 79.1 Å². The van der Waals surface area contributed by atoms with Crippen LogP contribution in [0.15, 0.2) is 112 Å². The van der Waals surface area contributed by atoms with Gasteiger partial charge >= 0.3 is 7.12 Å². The third-order valence-electron chi connectivity index (χ3n) is 8.81. The maximum absolute atomic E-state index is 13.9. The van der Waals surface area contributed by atoms with E-state index in [1.54, 1.807) is 26.0 Å². The van der Waals surface area contributed by atoms with Crippen molar-refractivity contribution in [2.45, 2.75) is 50.3 Å². The van der Waals surface area contributed by atoms with Gasteiger partial charge in [0.15, 0.2) is 23.2 Å². The van der Waals surface area contributed by atoms with Crippen LogP contribution < -0.4 is 26.4 Å². The lowest BCUT2D eigenvalue weighted by molar-refractivity contribution is -0.118. The summed E-state index contributed by atoms with van der Waals surface area (Å²) in [5, 5.41) is 17.3. The van der Waals surface area contributed by atoms with Crippen LogP contribution in [0.5, 0.6) is 0 Å². The number of amides is 2. The van der Waals surface area contributed by atoms with Gasteiger partial charge in [-0.25, -0.2) is 55.0 Å². The first-order chi connectivity index (χ1) is 30.9. The summed E-state index contributed by atoms with van der Waals surface area (Å²) >= 11 is 3.12. The number of benzene rings is 4. The minimum absolute atomic E-state index is 0.0181. The van der Waals surface area contributed by atoms with E-state index in [9.17, 15) is 44.8 Å². The molecule has 2 heterocycles. The van der Waals surface area contributed by atoms with Crippen LogP contribution in [0, 0.1) is 25.5 Å². The number of Topliss-reactive ketones (excluding diaryl/α,β-unsaturated/α-hetero) is 2. The number of aromatic nitrogens is 4. The summed E-state index contributed by atoms with van der Waals surface area (Å²) in [7, 11) is -9.46. The van der Waals surface area contributed by atoms with Gasteiger partial charge in [0, 0.05) is 32.3 Å². The standard InChI is InChI=1S/C21H19FN4O4S.C14H13BrN4O4S.C7H8BFO2/c1-12-3-6-15(10-17(12)22)18-11-24-21(23)20(25-18)19(28)9-14-4-7-16(8-5-14)31(29,30)26-13(2)27;1-8(20)19-24(22,23)10-4-2-9(3-5-10)6-11(21)13-14(16)17-7-12(15)18-13;1-5-2-3-6(8(10)11)4-7(5)9/h3-8,10-11H,9H2,1-2H3,(H2,23,24)(H,26,27);2-5,7H,6H2,1H3,(H2,16,17)(H,19,20);2-4,10-11H,1H3. The molecule has 8 N–H and O–H groups in total. The topological polar surface area (TPSA) is 305 Å². The Bertz CT molecular complexity index is 3020. The Labute approximate surface area is 386 Å². The second kappa shape index (κ2) is 22.4. The number of nitrogens with zero attached hydrogens (tertiary/aromatic N) is 4. The fourth-order valence-corrected chi connectivity index (χ4v) is 7.72. The zero-order valence-electron chi connectivity index (χ0n) is 35.3. The molecule has 0 atom stereocenters. The summed E-state index contributed by atoms with van der Waals surface area (Å²) < 4.78 is 78.4. The van der Waals surface area contributed by atoms with Gasteiger partial charge in [0.2, 0.25) is 11.8 Å². The summed E-state index contributed by atoms with van der Waals surface area (Å²) in [5.41, 5.74) is 14.4. The molecule has 0 spiro atoms. The molecule has 0 aliphatic rings. The highest BCUT2D eigenvalue weighted by atomic mass is 79.9. The summed E-state index contributed by atoms with van der Waals surface area (Å²) in [6, 6.07) is 19.7. The monoisotopic (exact) mass is 1010 g/mol. The number of nitrogens with one attached hydrogen (secondary N) is 2. The molecule has 0 bridgehead atoms. The molecule has 4 aromatic carbocycles. The number of rotatable bonds is 12. The summed E-state index contributed by atoms with van der Waals surface area (Å²) in [4.78, 5) is 62.8. The van der Waals surface area contributed by atoms with E-state index in [0.29, 0.717) is 38.1 Å². The Morgan fingerprint density at radius 3 is 1.50 bits per heavy atom. The average molecular weight is 1010 g/mol. The molecule has 0 saturated heterocycles. The Morgan fingerprint density at radius 2 is 1.08 bits per heavy atom. The molecule has 344 valence electrons. The molecule has 0 fully saturated rings. The van der Waals surface area contributed by atoms with E-state index in [4.69, 9.17) is 21.5 Å². The van der Waals surface area contributed by atoms with Crippen molar-refractivity contribution in [2.75, 3.05) is 11.5 Å². The van der Waals surface area contributed by atoms with Crippen molar-refractivity contribution in [3.05, 3.63) is 147 Å². The highest BCUT2D eigenvalue weighted by Gasteiger charge is 2.20. The number of aryl methyl sites for hydroxylation is 2. The summed E-state index contributed by atoms with van der Waals surface area (Å²) in [6.45, 7) is 5.45. The Balaban J connectivity index is 0.000000240. The zero-order valence-corrected chi connectivity index (χ0v) is 38.5. The van der Waals surface area contributed by atoms with Gasteiger partial charge in [0.1, 0.15) is 27.6 Å². The SMILES string of the molecule is CC(=O)NS(=O)(=O)c1ccc(CC(=O)c2nc(-c3ccc(C)c(F)c3)cnc2N)cc1.CC(=O)NS(=O)(=O)c1ccc(CC(=O)c2nc(Br)cnc2N)cc1.Cc1ccc(B(O)O)cc1F. The smallest absolute Gasteiger partial charge is 0.423 e. The fraction of sp³-hybridized carbons (Fsp3) is 0.143. The summed E-state index contributed by atoms with van der Waals surface area (Å²) in [6.07, 6.45) is 2.62. The van der Waals surface area contributed by atoms with Crippen molar-refractivity contribution >= 4 is 83.6 Å². The minimum Gasteiger partial charge on any atom is -0.423 e. The molecule has 24 heteroatoms. The highest BCUT2D eigenvalue weighted by Crippen LogP contribution is 2.23. The van der Waals surface area contributed by atoms with E-state index >= 15 is 0 Å². The van der Waals surface area contributed by atoms with E-state index in [0.717, 1.165) is 19.9 Å². The van der Waals surface area contributed by atoms with Crippen molar-refractivity contribution in [3.8, 4) is 11.3 Å². The fourth-order valence-electron chi connectivity index (χ4n) is 5.45. The molecule has 0 aliphatic heterocycles. The Hall–Kier alpha value is -6.86. The third kappa shape index (κ3) is 14.6. The van der Waals surface area contributed by atoms with Crippen LogP contribution in [0.3, 0.4) is 0 Å². The van der Waals surface area contributed by atoms with E-state index < -0.39 is 56.4 Å². The van der Waals surface area contributed by atoms with Crippen LogP contribution in [0.4, 0.5) is 20.4 Å². The molecule has 0 saturated carbocycles. The maximum Gasteiger partial charge on any atom is 0.488 e. The van der Waals surface area contributed by atoms with E-state index in [2.05, 4.69) is 35.9 Å². The molecule has 66 heavy (non-hydrogen) atoms. The van der Waals surface area contributed by atoms with Gasteiger partial charge in [-0.15, -0.1) is 0 Å². The van der Waals surface area contributed by atoms with Crippen molar-refractivity contribution in [2.24, 2.45) is 0 Å². The van der Waals surface area contributed by atoms with Gasteiger partial charge in [-0.2, -0.15) is 0 Å². The van der Waals surface area contributed by atoms with Crippen molar-refractivity contribution < 1.29 is 54.8 Å². The number of sulfonamides is 2. The van der Waals surface area contributed by atoms with Crippen LogP contribution in [0.1, 0.15) is 57.1 Å². The number of carbonyl (C=O) groups excluding carboxylic acids is 4. The predicted molar refractivity (Wildman–Crippen MR) is 243 cm³/mol. The van der Waals surface area contributed by atoms with Crippen LogP contribution in [0.25, 0.3) is 11.3 Å². The molecular weight excluding hydrogens is 969 g/mol. The number of hydrogen-bond donors (Lipinski definition) is 6. The zero-order chi connectivity index (χ0) is 49.1. The normalized spacial score (nSPS) is 10.9. The maximum atomic E-state index is 13.9. The molecule has 18 nitrogen and oxygen atoms in total. The molecule has 0 radical (unpaired) electrons. The lowest BCUT2D eigenvalue weighted by Crippen LogP contribution is -2.30. The number of nitrogen functional groups attached to an aromatic ring is 2. The molecule has 6 rings (SSSR count). The first-order valence-electron chi connectivity index (χ1n) is 19.0. The molecule has 0 unspecified atom stereocenters. The number of anilines is 2. The minimum atomic E-state index is -3.96.